The number of ether oxygens (including phenoxy) is 1. The molecule has 0 aliphatic heterocycles. The Balaban J connectivity index is 3.85. The van der Waals surface area contributed by atoms with Crippen molar-refractivity contribution in [1.29, 1.82) is 0 Å². The lowest BCUT2D eigenvalue weighted by Gasteiger charge is -2.21. The van der Waals surface area contributed by atoms with Crippen LogP contribution >= 0.6 is 0 Å². The van der Waals surface area contributed by atoms with Gasteiger partial charge in [0.05, 0.1) is 18.6 Å². The highest BCUT2D eigenvalue weighted by molar-refractivity contribution is 5.94. The van der Waals surface area contributed by atoms with Crippen LogP contribution < -0.4 is 0 Å². The van der Waals surface area contributed by atoms with Crippen LogP contribution in [0, 0.1) is 5.92 Å². The number of esters is 1. The first kappa shape index (κ1) is 20.8. The largest absolute Gasteiger partial charge is 0.481 e. The van der Waals surface area contributed by atoms with Gasteiger partial charge in [0, 0.05) is 0 Å². The molecule has 0 aliphatic rings. The van der Waals surface area contributed by atoms with Gasteiger partial charge in [0.25, 0.3) is 6.43 Å². The van der Waals surface area contributed by atoms with Crippen LogP contribution in [-0.2, 0) is 15.7 Å². The van der Waals surface area contributed by atoms with Crippen molar-refractivity contribution < 1.29 is 41.4 Å². The van der Waals surface area contributed by atoms with Crippen LogP contribution in [0.1, 0.15) is 59.9 Å². The molecule has 0 saturated heterocycles. The number of aliphatic carboxylic acids is 1. The van der Waals surface area contributed by atoms with Gasteiger partial charge in [0.2, 0.25) is 0 Å². The Morgan fingerprint density at radius 1 is 1.28 bits per heavy atom. The van der Waals surface area contributed by atoms with Crippen molar-refractivity contribution in [3.8, 4) is 0 Å². The number of hydrogen-bond acceptors (Lipinski definition) is 4. The van der Waals surface area contributed by atoms with Crippen molar-refractivity contribution in [2.24, 2.45) is 5.92 Å². The van der Waals surface area contributed by atoms with E-state index >= 15 is 0 Å². The first-order chi connectivity index (χ1) is 11.4. The number of rotatable bonds is 6. The molecule has 1 unspecified atom stereocenters. The second-order valence-electron chi connectivity index (χ2n) is 5.67. The van der Waals surface area contributed by atoms with E-state index in [-0.39, 0.29) is 12.3 Å². The normalized spacial score (nSPS) is 13.2. The second-order valence-corrected chi connectivity index (χ2v) is 5.67. The molecule has 1 aromatic heterocycles. The fourth-order valence-electron chi connectivity index (χ4n) is 2.33. The summed E-state index contributed by atoms with van der Waals surface area (Å²) < 4.78 is 69.9. The Bertz CT molecular complexity index is 658. The molecule has 1 rings (SSSR count). The van der Waals surface area contributed by atoms with Crippen LogP contribution in [0.15, 0.2) is 6.07 Å². The molecule has 0 amide bonds. The first-order valence-corrected chi connectivity index (χ1v) is 7.11. The third-order valence-corrected chi connectivity index (χ3v) is 3.33. The third kappa shape index (κ3) is 4.86. The van der Waals surface area contributed by atoms with E-state index in [9.17, 15) is 36.6 Å². The van der Waals surface area contributed by atoms with E-state index in [2.05, 4.69) is 9.72 Å². The zero-order valence-electron chi connectivity index (χ0n) is 13.5. The molecule has 0 fully saturated rings. The molecule has 0 spiro atoms. The predicted molar refractivity (Wildman–Crippen MR) is 75.4 cm³/mol. The summed E-state index contributed by atoms with van der Waals surface area (Å²) in [5, 5.41) is 9.34. The van der Waals surface area contributed by atoms with Gasteiger partial charge in [-0.25, -0.2) is 18.6 Å². The van der Waals surface area contributed by atoms with E-state index in [4.69, 9.17) is 0 Å². The molecule has 0 aromatic carbocycles. The number of hydrogen-bond donors (Lipinski definition) is 1. The van der Waals surface area contributed by atoms with Crippen LogP contribution in [0.3, 0.4) is 0 Å². The van der Waals surface area contributed by atoms with Gasteiger partial charge in [0.15, 0.2) is 5.69 Å². The van der Waals surface area contributed by atoms with Crippen LogP contribution in [0.4, 0.5) is 22.0 Å². The van der Waals surface area contributed by atoms with Gasteiger partial charge in [-0.15, -0.1) is 0 Å². The summed E-state index contributed by atoms with van der Waals surface area (Å²) in [6, 6.07) is 0.521. The molecule has 25 heavy (non-hydrogen) atoms. The van der Waals surface area contributed by atoms with E-state index in [1.54, 1.807) is 13.8 Å². The van der Waals surface area contributed by atoms with Gasteiger partial charge in [-0.2, -0.15) is 13.2 Å². The Labute approximate surface area is 139 Å². The Kier molecular flexibility index (Phi) is 6.44. The van der Waals surface area contributed by atoms with Crippen molar-refractivity contribution in [3.05, 3.63) is 28.6 Å². The summed E-state index contributed by atoms with van der Waals surface area (Å²) in [5.74, 6) is -4.93. The van der Waals surface area contributed by atoms with Gasteiger partial charge in [-0.05, 0) is 24.0 Å². The van der Waals surface area contributed by atoms with Crippen molar-refractivity contribution in [3.63, 3.8) is 0 Å². The SMILES string of the molecule is COC(=O)c1c(C(CC(C)C)C(=O)O)cc(C(F)F)nc1C(F)(F)F. The first-order valence-electron chi connectivity index (χ1n) is 7.11. The molecule has 0 bridgehead atoms. The minimum Gasteiger partial charge on any atom is -0.481 e. The summed E-state index contributed by atoms with van der Waals surface area (Å²) in [6.45, 7) is 3.21. The number of pyridine rings is 1. The average molecular weight is 369 g/mol. The smallest absolute Gasteiger partial charge is 0.434 e. The van der Waals surface area contributed by atoms with E-state index in [1.807, 2.05) is 0 Å². The lowest BCUT2D eigenvalue weighted by atomic mass is 9.86. The van der Waals surface area contributed by atoms with Gasteiger partial charge in [0.1, 0.15) is 5.69 Å². The molecule has 1 heterocycles. The number of carboxylic acids is 1. The fourth-order valence-corrected chi connectivity index (χ4v) is 2.33. The molecular formula is C15H16F5NO4. The van der Waals surface area contributed by atoms with E-state index in [0.717, 1.165) is 7.11 Å². The fraction of sp³-hybridized carbons (Fsp3) is 0.533. The molecule has 10 heteroatoms. The number of carbonyl (C=O) groups excluding carboxylic acids is 1. The highest BCUT2D eigenvalue weighted by Crippen LogP contribution is 2.38. The molecule has 1 atom stereocenters. The predicted octanol–water partition coefficient (Wildman–Crippen LogP) is 4.04. The minimum absolute atomic E-state index is 0.163. The maximum absolute atomic E-state index is 13.2. The number of carboxylic acid groups (broad SMARTS) is 1. The number of halogens is 5. The number of aromatic nitrogens is 1. The molecule has 0 saturated carbocycles. The molecule has 140 valence electrons. The maximum atomic E-state index is 13.2. The Hall–Kier alpha value is -2.26. The summed E-state index contributed by atoms with van der Waals surface area (Å²) in [5.41, 5.74) is -5.00. The van der Waals surface area contributed by atoms with Gasteiger partial charge >= 0.3 is 18.1 Å². The maximum Gasteiger partial charge on any atom is 0.434 e. The summed E-state index contributed by atoms with van der Waals surface area (Å²) >= 11 is 0. The van der Waals surface area contributed by atoms with Crippen molar-refractivity contribution in [2.45, 2.75) is 38.8 Å². The average Bonchev–Trinajstić information content (AvgIpc) is 2.49. The quantitative estimate of drug-likeness (QED) is 0.605. The third-order valence-electron chi connectivity index (χ3n) is 3.33. The number of alkyl halides is 5. The summed E-state index contributed by atoms with van der Waals surface area (Å²) in [4.78, 5) is 26.2. The number of carbonyl (C=O) groups is 2. The van der Waals surface area contributed by atoms with Crippen molar-refractivity contribution in [1.82, 2.24) is 4.98 Å². The topological polar surface area (TPSA) is 76.5 Å². The summed E-state index contributed by atoms with van der Waals surface area (Å²) in [7, 11) is 0.797. The molecule has 0 aliphatic carbocycles. The zero-order chi connectivity index (χ0) is 19.5. The second kappa shape index (κ2) is 7.75. The molecule has 0 radical (unpaired) electrons. The summed E-state index contributed by atoms with van der Waals surface area (Å²) in [6.07, 6.45) is -8.78. The minimum atomic E-state index is -5.25. The number of methoxy groups -OCH3 is 1. The lowest BCUT2D eigenvalue weighted by molar-refractivity contribution is -0.143. The monoisotopic (exact) mass is 369 g/mol. The highest BCUT2D eigenvalue weighted by atomic mass is 19.4. The van der Waals surface area contributed by atoms with Crippen LogP contribution in [-0.4, -0.2) is 29.1 Å². The molecule has 5 nitrogen and oxygen atoms in total. The van der Waals surface area contributed by atoms with E-state index in [0.29, 0.717) is 6.07 Å². The molecule has 1 N–H and O–H groups in total. The van der Waals surface area contributed by atoms with Crippen molar-refractivity contribution >= 4 is 11.9 Å². The van der Waals surface area contributed by atoms with Gasteiger partial charge in [-0.1, -0.05) is 13.8 Å². The standard InChI is InChI=1S/C15H16F5NO4/c1-6(2)4-8(13(22)23)7-5-9(12(16)17)21-11(15(18,19)20)10(7)14(24)25-3/h5-6,8,12H,4H2,1-3H3,(H,22,23). The highest BCUT2D eigenvalue weighted by Gasteiger charge is 2.42. The van der Waals surface area contributed by atoms with Crippen LogP contribution in [0.2, 0.25) is 0 Å². The Morgan fingerprint density at radius 2 is 1.84 bits per heavy atom. The van der Waals surface area contributed by atoms with Crippen LogP contribution in [0.25, 0.3) is 0 Å². The zero-order valence-corrected chi connectivity index (χ0v) is 13.5. The van der Waals surface area contributed by atoms with Gasteiger partial charge in [-0.3, -0.25) is 4.79 Å². The van der Waals surface area contributed by atoms with Crippen LogP contribution in [0.5, 0.6) is 0 Å². The molecule has 1 aromatic rings. The van der Waals surface area contributed by atoms with E-state index < -0.39 is 53.0 Å². The van der Waals surface area contributed by atoms with Gasteiger partial charge < -0.3 is 9.84 Å². The molecular weight excluding hydrogens is 353 g/mol. The Morgan fingerprint density at radius 3 is 2.20 bits per heavy atom. The number of nitrogens with zero attached hydrogens (tertiary/aromatic N) is 1. The van der Waals surface area contributed by atoms with E-state index in [1.165, 1.54) is 0 Å². The lowest BCUT2D eigenvalue weighted by Crippen LogP contribution is -2.24. The van der Waals surface area contributed by atoms with Crippen molar-refractivity contribution in [2.75, 3.05) is 7.11 Å².